The summed E-state index contributed by atoms with van der Waals surface area (Å²) >= 11 is 0. The smallest absolute Gasteiger partial charge is 0.344 e. The first-order chi connectivity index (χ1) is 16.5. The molecule has 0 saturated carbocycles. The van der Waals surface area contributed by atoms with Crippen molar-refractivity contribution in [3.8, 4) is 5.75 Å². The van der Waals surface area contributed by atoms with Gasteiger partial charge >= 0.3 is 13.6 Å². The highest BCUT2D eigenvalue weighted by Crippen LogP contribution is 2.55. The molecule has 0 spiro atoms. The van der Waals surface area contributed by atoms with E-state index in [1.165, 1.54) is 0 Å². The van der Waals surface area contributed by atoms with Crippen LogP contribution in [0.3, 0.4) is 0 Å². The lowest BCUT2D eigenvalue weighted by Crippen LogP contribution is -2.35. The first-order valence-electron chi connectivity index (χ1n) is 12.0. The lowest BCUT2D eigenvalue weighted by molar-refractivity contribution is -0.143. The number of benzene rings is 1. The largest absolute Gasteiger partial charge is 0.494 e. The van der Waals surface area contributed by atoms with E-state index in [-0.39, 0.29) is 19.8 Å². The number of carbonyl (C=O) groups excluding carboxylic acids is 1. The number of carbonyl (C=O) groups is 1. The van der Waals surface area contributed by atoms with Gasteiger partial charge in [0.05, 0.1) is 26.9 Å². The molecule has 1 aromatic carbocycles. The zero-order valence-electron chi connectivity index (χ0n) is 20.6. The Labute approximate surface area is 201 Å². The van der Waals surface area contributed by atoms with Gasteiger partial charge in [-0.15, -0.1) is 0 Å². The van der Waals surface area contributed by atoms with E-state index in [1.807, 2.05) is 18.2 Å². The lowest BCUT2D eigenvalue weighted by atomic mass is 9.91. The Bertz CT molecular complexity index is 986. The molecule has 2 aromatic rings. The molecule has 10 heteroatoms. The van der Waals surface area contributed by atoms with Crippen LogP contribution in [-0.2, 0) is 23.1 Å². The van der Waals surface area contributed by atoms with Crippen molar-refractivity contribution in [3.63, 3.8) is 0 Å². The molecule has 0 amide bonds. The molecule has 0 bridgehead atoms. The summed E-state index contributed by atoms with van der Waals surface area (Å²) in [7, 11) is -1.95. The molecule has 2 heterocycles. The summed E-state index contributed by atoms with van der Waals surface area (Å²) in [6.07, 6.45) is 4.63. The molecule has 1 saturated heterocycles. The Hall–Kier alpha value is -2.22. The second-order valence-electron chi connectivity index (χ2n) is 8.20. The van der Waals surface area contributed by atoms with Crippen LogP contribution in [0.5, 0.6) is 5.75 Å². The van der Waals surface area contributed by atoms with E-state index in [4.69, 9.17) is 18.5 Å². The number of nitrogens with zero attached hydrogens (tertiary/aromatic N) is 3. The van der Waals surface area contributed by atoms with Crippen LogP contribution >= 0.6 is 7.60 Å². The van der Waals surface area contributed by atoms with Crippen LogP contribution in [0.25, 0.3) is 10.9 Å². The summed E-state index contributed by atoms with van der Waals surface area (Å²) < 4.78 is 34.9. The first kappa shape index (κ1) is 26.4. The van der Waals surface area contributed by atoms with Crippen LogP contribution in [0, 0.1) is 5.92 Å². The van der Waals surface area contributed by atoms with Crippen LogP contribution in [0.4, 0.5) is 5.82 Å². The monoisotopic (exact) mass is 493 g/mol. The number of methoxy groups -OCH3 is 1. The number of esters is 1. The van der Waals surface area contributed by atoms with Gasteiger partial charge in [0, 0.05) is 18.5 Å². The SMILES string of the molecule is CCOC(=O)C(CCC1CCN(c2ncnc3c(OC)cccc23)CC1)P(=O)(OCC)OCC. The summed E-state index contributed by atoms with van der Waals surface area (Å²) in [6.45, 7) is 7.56. The zero-order chi connectivity index (χ0) is 24.6. The molecule has 9 nitrogen and oxygen atoms in total. The average Bonchev–Trinajstić information content (AvgIpc) is 2.84. The minimum atomic E-state index is -3.59. The van der Waals surface area contributed by atoms with Gasteiger partial charge in [0.25, 0.3) is 0 Å². The molecule has 0 radical (unpaired) electrons. The van der Waals surface area contributed by atoms with Crippen molar-refractivity contribution in [2.45, 2.75) is 52.1 Å². The highest BCUT2D eigenvalue weighted by atomic mass is 31.2. The third-order valence-corrected chi connectivity index (χ3v) is 8.62. The van der Waals surface area contributed by atoms with Gasteiger partial charge in [0.1, 0.15) is 23.4 Å². The highest BCUT2D eigenvalue weighted by molar-refractivity contribution is 7.55. The minimum absolute atomic E-state index is 0.212. The second kappa shape index (κ2) is 12.5. The van der Waals surface area contributed by atoms with Gasteiger partial charge in [0.15, 0.2) is 5.66 Å². The molecule has 34 heavy (non-hydrogen) atoms. The van der Waals surface area contributed by atoms with E-state index in [1.54, 1.807) is 34.2 Å². The Morgan fingerprint density at radius 1 is 1.12 bits per heavy atom. The van der Waals surface area contributed by atoms with E-state index in [2.05, 4.69) is 14.9 Å². The quantitative estimate of drug-likeness (QED) is 0.304. The van der Waals surface area contributed by atoms with Crippen molar-refractivity contribution in [1.29, 1.82) is 0 Å². The third kappa shape index (κ3) is 6.06. The number of hydrogen-bond donors (Lipinski definition) is 0. The maximum Gasteiger partial charge on any atom is 0.344 e. The molecule has 1 fully saturated rings. The molecule has 0 aliphatic carbocycles. The predicted octanol–water partition coefficient (Wildman–Crippen LogP) is 4.83. The molecule has 1 atom stereocenters. The first-order valence-corrected chi connectivity index (χ1v) is 13.7. The zero-order valence-corrected chi connectivity index (χ0v) is 21.5. The van der Waals surface area contributed by atoms with Gasteiger partial charge < -0.3 is 23.4 Å². The van der Waals surface area contributed by atoms with Gasteiger partial charge in [-0.1, -0.05) is 6.07 Å². The fraction of sp³-hybridized carbons (Fsp3) is 0.625. The second-order valence-corrected chi connectivity index (χ2v) is 10.4. The molecule has 1 aliphatic rings. The number of ether oxygens (including phenoxy) is 2. The van der Waals surface area contributed by atoms with E-state index in [0.29, 0.717) is 12.3 Å². The molecule has 1 aromatic heterocycles. The minimum Gasteiger partial charge on any atom is -0.494 e. The van der Waals surface area contributed by atoms with Crippen LogP contribution in [-0.4, -0.2) is 61.6 Å². The summed E-state index contributed by atoms with van der Waals surface area (Å²) in [5.74, 6) is 1.53. The van der Waals surface area contributed by atoms with Crippen LogP contribution in [0.1, 0.15) is 46.5 Å². The van der Waals surface area contributed by atoms with Crippen molar-refractivity contribution in [3.05, 3.63) is 24.5 Å². The van der Waals surface area contributed by atoms with E-state index in [0.717, 1.165) is 54.8 Å². The Balaban J connectivity index is 1.66. The standard InChI is InChI=1S/C24H36N3O6P/c1-5-31-24(28)21(34(29,32-6-2)33-7-3)12-11-18-13-15-27(16-14-18)23-19-9-8-10-20(30-4)22(19)25-17-26-23/h8-10,17-18,21H,5-7,11-16H2,1-4H3. The Morgan fingerprint density at radius 2 is 1.82 bits per heavy atom. The maximum absolute atomic E-state index is 13.3. The number of anilines is 1. The molecule has 1 unspecified atom stereocenters. The van der Waals surface area contributed by atoms with E-state index in [9.17, 15) is 9.36 Å². The molecule has 3 rings (SSSR count). The van der Waals surface area contributed by atoms with Crippen molar-refractivity contribution in [2.24, 2.45) is 5.92 Å². The number of hydrogen-bond acceptors (Lipinski definition) is 9. The fourth-order valence-corrected chi connectivity index (χ4v) is 6.46. The Morgan fingerprint density at radius 3 is 2.44 bits per heavy atom. The van der Waals surface area contributed by atoms with Gasteiger partial charge in [-0.3, -0.25) is 9.36 Å². The van der Waals surface area contributed by atoms with Crippen molar-refractivity contribution in [2.75, 3.05) is 44.9 Å². The van der Waals surface area contributed by atoms with Gasteiger partial charge in [-0.2, -0.15) is 0 Å². The molecule has 0 N–H and O–H groups in total. The number of piperidine rings is 1. The molecule has 188 valence electrons. The normalized spacial score (nSPS) is 15.9. The van der Waals surface area contributed by atoms with Crippen LogP contribution in [0.15, 0.2) is 24.5 Å². The van der Waals surface area contributed by atoms with Crippen LogP contribution < -0.4 is 9.64 Å². The third-order valence-electron chi connectivity index (χ3n) is 6.15. The van der Waals surface area contributed by atoms with E-state index >= 15 is 0 Å². The number of fused-ring (bicyclic) bond motifs is 1. The van der Waals surface area contributed by atoms with Crippen molar-refractivity contribution in [1.82, 2.24) is 9.97 Å². The van der Waals surface area contributed by atoms with Crippen molar-refractivity contribution < 1.29 is 27.9 Å². The topological polar surface area (TPSA) is 100 Å². The van der Waals surface area contributed by atoms with Crippen LogP contribution in [0.2, 0.25) is 0 Å². The summed E-state index contributed by atoms with van der Waals surface area (Å²) in [4.78, 5) is 23.9. The predicted molar refractivity (Wildman–Crippen MR) is 132 cm³/mol. The van der Waals surface area contributed by atoms with Gasteiger partial charge in [0.2, 0.25) is 0 Å². The lowest BCUT2D eigenvalue weighted by Gasteiger charge is -2.34. The molecular weight excluding hydrogens is 457 g/mol. The summed E-state index contributed by atoms with van der Waals surface area (Å²) in [6, 6.07) is 5.86. The highest BCUT2D eigenvalue weighted by Gasteiger charge is 2.42. The molecule has 1 aliphatic heterocycles. The summed E-state index contributed by atoms with van der Waals surface area (Å²) in [5.41, 5.74) is -0.0966. The Kier molecular flexibility index (Phi) is 9.68. The van der Waals surface area contributed by atoms with Gasteiger partial charge in [-0.05, 0) is 64.5 Å². The van der Waals surface area contributed by atoms with Gasteiger partial charge in [-0.25, -0.2) is 9.97 Å². The number of para-hydroxylation sites is 1. The molecular formula is C24H36N3O6P. The number of rotatable bonds is 12. The fourth-order valence-electron chi connectivity index (χ4n) is 4.51. The van der Waals surface area contributed by atoms with E-state index < -0.39 is 19.2 Å². The number of aromatic nitrogens is 2. The average molecular weight is 494 g/mol. The summed E-state index contributed by atoms with van der Waals surface area (Å²) in [5, 5.41) is 0.969. The maximum atomic E-state index is 13.3. The van der Waals surface area contributed by atoms with Crippen molar-refractivity contribution >= 4 is 30.3 Å².